The van der Waals surface area contributed by atoms with Crippen molar-refractivity contribution in [3.05, 3.63) is 64.7 Å². The van der Waals surface area contributed by atoms with E-state index in [0.29, 0.717) is 22.4 Å². The summed E-state index contributed by atoms with van der Waals surface area (Å²) in [7, 11) is 0. The summed E-state index contributed by atoms with van der Waals surface area (Å²) in [4.78, 5) is 25.5. The van der Waals surface area contributed by atoms with Gasteiger partial charge in [-0.2, -0.15) is 0 Å². The van der Waals surface area contributed by atoms with Crippen LogP contribution in [0.4, 0.5) is 0 Å². The highest BCUT2D eigenvalue weighted by molar-refractivity contribution is 6.12. The molecule has 1 heterocycles. The van der Waals surface area contributed by atoms with Gasteiger partial charge in [-0.3, -0.25) is 9.59 Å². The van der Waals surface area contributed by atoms with Crippen LogP contribution < -0.4 is 15.8 Å². The van der Waals surface area contributed by atoms with Gasteiger partial charge in [-0.05, 0) is 17.5 Å². The zero-order chi connectivity index (χ0) is 18.7. The molecule has 26 heavy (non-hydrogen) atoms. The van der Waals surface area contributed by atoms with Crippen LogP contribution in [0.25, 0.3) is 0 Å². The number of aliphatic hydroxyl groups is 1. The maximum absolute atomic E-state index is 13.3. The number of carbonyl (C=O) groups excluding carboxylic acids is 2. The van der Waals surface area contributed by atoms with Gasteiger partial charge < -0.3 is 20.9 Å². The van der Waals surface area contributed by atoms with Crippen LogP contribution in [0.3, 0.4) is 0 Å². The number of ether oxygens (including phenoxy) is 1. The molecule has 4 rings (SSSR count). The first-order valence-corrected chi connectivity index (χ1v) is 8.56. The number of benzene rings is 2. The van der Waals surface area contributed by atoms with E-state index in [4.69, 9.17) is 10.5 Å². The SMILES string of the molecule is CC(C)c1ccc2c(c1)OC1(O)c3ccccc3C(=O)C21NC(=O)CN. The fourth-order valence-electron chi connectivity index (χ4n) is 3.89. The van der Waals surface area contributed by atoms with Crippen molar-refractivity contribution < 1.29 is 19.4 Å². The number of carbonyl (C=O) groups is 2. The van der Waals surface area contributed by atoms with Crippen molar-refractivity contribution in [3.8, 4) is 5.75 Å². The van der Waals surface area contributed by atoms with E-state index in [2.05, 4.69) is 5.32 Å². The van der Waals surface area contributed by atoms with Crippen molar-refractivity contribution in [1.82, 2.24) is 5.32 Å². The van der Waals surface area contributed by atoms with Crippen LogP contribution in [0.5, 0.6) is 5.75 Å². The number of Topliss-reactive ketones (excluding diaryl/α,β-unsaturated/α-hetero) is 1. The minimum absolute atomic E-state index is 0.247. The number of rotatable bonds is 3. The van der Waals surface area contributed by atoms with Crippen LogP contribution in [0.1, 0.15) is 46.8 Å². The largest absolute Gasteiger partial charge is 0.454 e. The van der Waals surface area contributed by atoms with Gasteiger partial charge in [0.2, 0.25) is 17.2 Å². The predicted octanol–water partition coefficient (Wildman–Crippen LogP) is 1.51. The summed E-state index contributed by atoms with van der Waals surface area (Å²) in [5, 5.41) is 14.2. The Morgan fingerprint density at radius 1 is 1.23 bits per heavy atom. The number of ketones is 1. The summed E-state index contributed by atoms with van der Waals surface area (Å²) >= 11 is 0. The normalized spacial score (nSPS) is 25.5. The van der Waals surface area contributed by atoms with Crippen molar-refractivity contribution >= 4 is 11.7 Å². The lowest BCUT2D eigenvalue weighted by molar-refractivity contribution is -0.175. The number of nitrogens with one attached hydrogen (secondary N) is 1. The van der Waals surface area contributed by atoms with Gasteiger partial charge in [0, 0.05) is 16.7 Å². The van der Waals surface area contributed by atoms with Gasteiger partial charge in [0.15, 0.2) is 0 Å². The van der Waals surface area contributed by atoms with Crippen molar-refractivity contribution in [3.63, 3.8) is 0 Å². The summed E-state index contributed by atoms with van der Waals surface area (Å²) in [5.74, 6) is -2.33. The Balaban J connectivity index is 1.99. The lowest BCUT2D eigenvalue weighted by Crippen LogP contribution is -2.61. The van der Waals surface area contributed by atoms with E-state index >= 15 is 0 Å². The number of amides is 1. The molecule has 2 aliphatic rings. The second-order valence-corrected chi connectivity index (χ2v) is 7.03. The van der Waals surface area contributed by atoms with Crippen molar-refractivity contribution in [2.75, 3.05) is 6.54 Å². The second-order valence-electron chi connectivity index (χ2n) is 7.03. The standard InChI is InChI=1S/C20H20N2O4/c1-11(2)12-7-8-15-16(9-12)26-20(25)14-6-4-3-5-13(14)18(24)19(15,20)22-17(23)10-21/h3-9,11,25H,10,21H2,1-2H3,(H,22,23). The molecular weight excluding hydrogens is 332 g/mol. The van der Waals surface area contributed by atoms with Gasteiger partial charge >= 0.3 is 0 Å². The number of nitrogens with two attached hydrogens (primary N) is 1. The van der Waals surface area contributed by atoms with E-state index in [1.54, 1.807) is 30.3 Å². The Labute approximate surface area is 151 Å². The van der Waals surface area contributed by atoms with Crippen LogP contribution in [-0.4, -0.2) is 23.3 Å². The smallest absolute Gasteiger partial charge is 0.271 e. The Kier molecular flexibility index (Phi) is 3.48. The Bertz CT molecular complexity index is 939. The van der Waals surface area contributed by atoms with E-state index in [9.17, 15) is 14.7 Å². The van der Waals surface area contributed by atoms with Crippen LogP contribution in [0.15, 0.2) is 42.5 Å². The lowest BCUT2D eigenvalue weighted by Gasteiger charge is -2.34. The molecule has 0 bridgehead atoms. The van der Waals surface area contributed by atoms with E-state index in [1.807, 2.05) is 26.0 Å². The molecule has 0 radical (unpaired) electrons. The molecule has 1 amide bonds. The third-order valence-electron chi connectivity index (χ3n) is 5.23. The fraction of sp³-hybridized carbons (Fsp3) is 0.300. The molecule has 1 aliphatic heterocycles. The molecule has 0 spiro atoms. The van der Waals surface area contributed by atoms with Gasteiger partial charge in [0.05, 0.1) is 6.54 Å². The molecule has 6 heteroatoms. The molecule has 4 N–H and O–H groups in total. The fourth-order valence-corrected chi connectivity index (χ4v) is 3.89. The molecule has 0 fully saturated rings. The van der Waals surface area contributed by atoms with Crippen molar-refractivity contribution in [2.24, 2.45) is 5.73 Å². The van der Waals surface area contributed by atoms with E-state index in [-0.39, 0.29) is 12.5 Å². The first-order chi connectivity index (χ1) is 12.3. The minimum Gasteiger partial charge on any atom is -0.454 e. The summed E-state index contributed by atoms with van der Waals surface area (Å²) in [6.07, 6.45) is 0. The highest BCUT2D eigenvalue weighted by atomic mass is 16.6. The summed E-state index contributed by atoms with van der Waals surface area (Å²) in [6, 6.07) is 12.1. The lowest BCUT2D eigenvalue weighted by atomic mass is 9.82. The molecular formula is C20H20N2O4. The topological polar surface area (TPSA) is 102 Å². The van der Waals surface area contributed by atoms with Crippen molar-refractivity contribution in [2.45, 2.75) is 31.1 Å². The molecule has 0 aromatic heterocycles. The van der Waals surface area contributed by atoms with Gasteiger partial charge in [-0.15, -0.1) is 0 Å². The molecule has 0 saturated heterocycles. The highest BCUT2D eigenvalue weighted by Gasteiger charge is 2.71. The molecule has 2 aromatic carbocycles. The summed E-state index contributed by atoms with van der Waals surface area (Å²) < 4.78 is 5.93. The van der Waals surface area contributed by atoms with Crippen LogP contribution in [0.2, 0.25) is 0 Å². The van der Waals surface area contributed by atoms with E-state index in [0.717, 1.165) is 5.56 Å². The molecule has 134 valence electrons. The van der Waals surface area contributed by atoms with Gasteiger partial charge in [-0.1, -0.05) is 50.2 Å². The number of fused-ring (bicyclic) bond motifs is 5. The Hall–Kier alpha value is -2.70. The zero-order valence-electron chi connectivity index (χ0n) is 14.6. The monoisotopic (exact) mass is 352 g/mol. The minimum atomic E-state index is -2.01. The van der Waals surface area contributed by atoms with E-state index < -0.39 is 23.0 Å². The molecule has 0 saturated carbocycles. The zero-order valence-corrected chi connectivity index (χ0v) is 14.6. The van der Waals surface area contributed by atoms with Crippen LogP contribution >= 0.6 is 0 Å². The molecule has 6 nitrogen and oxygen atoms in total. The van der Waals surface area contributed by atoms with Gasteiger partial charge in [-0.25, -0.2) is 0 Å². The first-order valence-electron chi connectivity index (χ1n) is 8.56. The second kappa shape index (κ2) is 5.40. The quantitative estimate of drug-likeness (QED) is 0.777. The third-order valence-corrected chi connectivity index (χ3v) is 5.23. The van der Waals surface area contributed by atoms with Gasteiger partial charge in [0.1, 0.15) is 5.75 Å². The maximum atomic E-state index is 13.3. The summed E-state index contributed by atoms with van der Waals surface area (Å²) in [5.41, 5.74) is 5.83. The average Bonchev–Trinajstić information content (AvgIpc) is 2.99. The predicted molar refractivity (Wildman–Crippen MR) is 94.7 cm³/mol. The summed E-state index contributed by atoms with van der Waals surface area (Å²) in [6.45, 7) is 3.78. The Morgan fingerprint density at radius 2 is 1.96 bits per heavy atom. The third kappa shape index (κ3) is 1.88. The van der Waals surface area contributed by atoms with Gasteiger partial charge in [0.25, 0.3) is 5.79 Å². The van der Waals surface area contributed by atoms with Crippen molar-refractivity contribution in [1.29, 1.82) is 0 Å². The van der Waals surface area contributed by atoms with E-state index in [1.165, 1.54) is 0 Å². The maximum Gasteiger partial charge on any atom is 0.271 e. The average molecular weight is 352 g/mol. The highest BCUT2D eigenvalue weighted by Crippen LogP contribution is 2.58. The molecule has 2 unspecified atom stereocenters. The first kappa shape index (κ1) is 16.8. The molecule has 2 aromatic rings. The Morgan fingerprint density at radius 3 is 2.65 bits per heavy atom. The molecule has 2 atom stereocenters. The van der Waals surface area contributed by atoms with Crippen LogP contribution in [-0.2, 0) is 16.1 Å². The number of hydrogen-bond acceptors (Lipinski definition) is 5. The number of hydrogen-bond donors (Lipinski definition) is 3. The van der Waals surface area contributed by atoms with Crippen LogP contribution in [0, 0.1) is 0 Å². The molecule has 1 aliphatic carbocycles.